The number of anilines is 1. The zero-order valence-electron chi connectivity index (χ0n) is 15.3. The fourth-order valence-corrected chi connectivity index (χ4v) is 4.10. The Hall–Kier alpha value is -1.87. The van der Waals surface area contributed by atoms with Gasteiger partial charge in [-0.15, -0.1) is 5.10 Å². The van der Waals surface area contributed by atoms with Crippen LogP contribution in [0.3, 0.4) is 0 Å². The number of rotatable bonds is 6. The number of carbonyl (C=O) groups is 1. The van der Waals surface area contributed by atoms with E-state index in [2.05, 4.69) is 30.8 Å². The molecule has 2 fully saturated rings. The van der Waals surface area contributed by atoms with Crippen LogP contribution in [0.5, 0.6) is 0 Å². The van der Waals surface area contributed by atoms with Gasteiger partial charge in [-0.3, -0.25) is 14.6 Å². The van der Waals surface area contributed by atoms with E-state index in [4.69, 9.17) is 4.74 Å². The molecular formula is C19H25N5O2S. The molecule has 0 unspecified atom stereocenters. The molecule has 2 aliphatic rings. The van der Waals surface area contributed by atoms with Gasteiger partial charge in [0.1, 0.15) is 5.00 Å². The van der Waals surface area contributed by atoms with E-state index in [1.165, 1.54) is 24.4 Å². The number of piperazine rings is 1. The van der Waals surface area contributed by atoms with E-state index in [1.807, 2.05) is 18.2 Å². The summed E-state index contributed by atoms with van der Waals surface area (Å²) in [5.74, 6) is -0.121. The van der Waals surface area contributed by atoms with Gasteiger partial charge in [0.2, 0.25) is 0 Å². The minimum Gasteiger partial charge on any atom is -0.377 e. The molecule has 1 amide bonds. The van der Waals surface area contributed by atoms with Crippen LogP contribution < -0.4 is 5.32 Å². The average Bonchev–Trinajstić information content (AvgIpc) is 3.38. The maximum absolute atomic E-state index is 12.4. The van der Waals surface area contributed by atoms with Crippen LogP contribution >= 0.6 is 11.5 Å². The number of carbonyl (C=O) groups excluding carboxylic acids is 1. The summed E-state index contributed by atoms with van der Waals surface area (Å²) in [7, 11) is 0. The van der Waals surface area contributed by atoms with Crippen LogP contribution in [0.1, 0.15) is 28.8 Å². The van der Waals surface area contributed by atoms with Crippen molar-refractivity contribution in [1.82, 2.24) is 19.4 Å². The number of benzene rings is 1. The summed E-state index contributed by atoms with van der Waals surface area (Å²) >= 11 is 1.18. The molecule has 0 saturated carbocycles. The minimum atomic E-state index is -0.121. The zero-order valence-corrected chi connectivity index (χ0v) is 16.2. The van der Waals surface area contributed by atoms with Gasteiger partial charge < -0.3 is 10.1 Å². The lowest BCUT2D eigenvalue weighted by Gasteiger charge is -2.35. The highest BCUT2D eigenvalue weighted by molar-refractivity contribution is 7.10. The van der Waals surface area contributed by atoms with Gasteiger partial charge in [0, 0.05) is 63.0 Å². The van der Waals surface area contributed by atoms with Crippen LogP contribution in [-0.2, 0) is 11.3 Å². The summed E-state index contributed by atoms with van der Waals surface area (Å²) in [4.78, 5) is 17.3. The third-order valence-electron chi connectivity index (χ3n) is 5.14. The SMILES string of the molecule is O=C(Nc1cnns1)c1cccc(CN2CCN(C[C@H]3CCCO3)CC2)c1. The van der Waals surface area contributed by atoms with Gasteiger partial charge in [-0.25, -0.2) is 0 Å². The topological polar surface area (TPSA) is 70.6 Å². The Morgan fingerprint density at radius 2 is 2.11 bits per heavy atom. The van der Waals surface area contributed by atoms with Crippen LogP contribution in [0.2, 0.25) is 0 Å². The fraction of sp³-hybridized carbons (Fsp3) is 0.526. The van der Waals surface area contributed by atoms with Crippen molar-refractivity contribution in [2.45, 2.75) is 25.5 Å². The van der Waals surface area contributed by atoms with Crippen molar-refractivity contribution in [2.75, 3.05) is 44.6 Å². The first-order valence-corrected chi connectivity index (χ1v) is 10.3. The predicted molar refractivity (Wildman–Crippen MR) is 105 cm³/mol. The first-order valence-electron chi connectivity index (χ1n) is 9.50. The van der Waals surface area contributed by atoms with Gasteiger partial charge in [0.15, 0.2) is 0 Å². The van der Waals surface area contributed by atoms with Gasteiger partial charge in [-0.1, -0.05) is 16.6 Å². The lowest BCUT2D eigenvalue weighted by atomic mass is 10.1. The first kappa shape index (κ1) is 18.5. The molecule has 0 aliphatic carbocycles. The lowest BCUT2D eigenvalue weighted by molar-refractivity contribution is 0.0489. The molecule has 27 heavy (non-hydrogen) atoms. The Balaban J connectivity index is 1.28. The molecule has 0 radical (unpaired) electrons. The van der Waals surface area contributed by atoms with Crippen LogP contribution in [0.15, 0.2) is 30.5 Å². The number of nitrogens with one attached hydrogen (secondary N) is 1. The van der Waals surface area contributed by atoms with Crippen molar-refractivity contribution in [1.29, 1.82) is 0 Å². The van der Waals surface area contributed by atoms with E-state index in [-0.39, 0.29) is 5.91 Å². The number of amides is 1. The molecule has 7 nitrogen and oxygen atoms in total. The molecular weight excluding hydrogens is 362 g/mol. The molecule has 8 heteroatoms. The minimum absolute atomic E-state index is 0.121. The average molecular weight is 388 g/mol. The number of hydrogen-bond acceptors (Lipinski definition) is 7. The Bertz CT molecular complexity index is 740. The Labute approximate surface area is 163 Å². The van der Waals surface area contributed by atoms with Crippen molar-refractivity contribution < 1.29 is 9.53 Å². The molecule has 0 spiro atoms. The Morgan fingerprint density at radius 3 is 2.85 bits per heavy atom. The second-order valence-electron chi connectivity index (χ2n) is 7.15. The maximum Gasteiger partial charge on any atom is 0.256 e. The summed E-state index contributed by atoms with van der Waals surface area (Å²) in [6, 6.07) is 7.85. The van der Waals surface area contributed by atoms with E-state index >= 15 is 0 Å². The molecule has 4 rings (SSSR count). The summed E-state index contributed by atoms with van der Waals surface area (Å²) in [5.41, 5.74) is 1.83. The first-order chi connectivity index (χ1) is 13.3. The van der Waals surface area contributed by atoms with E-state index in [0.717, 1.165) is 51.4 Å². The van der Waals surface area contributed by atoms with Crippen LogP contribution in [0.25, 0.3) is 0 Å². The van der Waals surface area contributed by atoms with E-state index in [9.17, 15) is 4.79 Å². The number of hydrogen-bond donors (Lipinski definition) is 1. The quantitative estimate of drug-likeness (QED) is 0.818. The van der Waals surface area contributed by atoms with E-state index in [0.29, 0.717) is 16.7 Å². The largest absolute Gasteiger partial charge is 0.377 e. The van der Waals surface area contributed by atoms with Crippen molar-refractivity contribution in [3.63, 3.8) is 0 Å². The van der Waals surface area contributed by atoms with Crippen molar-refractivity contribution in [2.24, 2.45) is 0 Å². The lowest BCUT2D eigenvalue weighted by Crippen LogP contribution is -2.48. The normalized spacial score (nSPS) is 21.4. The third kappa shape index (κ3) is 5.10. The molecule has 2 saturated heterocycles. The highest BCUT2D eigenvalue weighted by Crippen LogP contribution is 2.17. The summed E-state index contributed by atoms with van der Waals surface area (Å²) < 4.78 is 9.51. The van der Waals surface area contributed by atoms with Crippen LogP contribution in [-0.4, -0.2) is 70.7 Å². The highest BCUT2D eigenvalue weighted by Gasteiger charge is 2.23. The smallest absolute Gasteiger partial charge is 0.256 e. The standard InChI is InChI=1S/C19H25N5O2S/c25-19(21-18-12-20-22-27-18)16-4-1-3-15(11-16)13-23-6-8-24(9-7-23)14-17-5-2-10-26-17/h1,3-4,11-12,17H,2,5-10,13-14H2,(H,21,25)/t17-/m1/s1. The monoisotopic (exact) mass is 387 g/mol. The number of aromatic nitrogens is 2. The molecule has 0 bridgehead atoms. The van der Waals surface area contributed by atoms with Gasteiger partial charge in [0.25, 0.3) is 5.91 Å². The molecule has 2 aromatic rings. The van der Waals surface area contributed by atoms with Gasteiger partial charge >= 0.3 is 0 Å². The van der Waals surface area contributed by atoms with Gasteiger partial charge in [-0.2, -0.15) is 0 Å². The fourth-order valence-electron chi connectivity index (χ4n) is 3.68. The summed E-state index contributed by atoms with van der Waals surface area (Å²) in [5, 5.41) is 7.23. The number of nitrogens with zero attached hydrogens (tertiary/aromatic N) is 4. The van der Waals surface area contributed by atoms with Crippen LogP contribution in [0.4, 0.5) is 5.00 Å². The molecule has 1 aromatic carbocycles. The summed E-state index contributed by atoms with van der Waals surface area (Å²) in [6.45, 7) is 7.13. The van der Waals surface area contributed by atoms with Crippen molar-refractivity contribution in [3.8, 4) is 0 Å². The molecule has 1 aromatic heterocycles. The zero-order chi connectivity index (χ0) is 18.5. The molecule has 3 heterocycles. The Morgan fingerprint density at radius 1 is 1.26 bits per heavy atom. The second kappa shape index (κ2) is 8.88. The van der Waals surface area contributed by atoms with Crippen molar-refractivity contribution >= 4 is 22.4 Å². The second-order valence-corrected chi connectivity index (χ2v) is 7.93. The maximum atomic E-state index is 12.4. The van der Waals surface area contributed by atoms with Crippen LogP contribution in [0, 0.1) is 0 Å². The Kier molecular flexibility index (Phi) is 6.08. The summed E-state index contributed by atoms with van der Waals surface area (Å²) in [6.07, 6.45) is 4.39. The molecule has 1 N–H and O–H groups in total. The molecule has 2 aliphatic heterocycles. The van der Waals surface area contributed by atoms with Gasteiger partial charge in [0.05, 0.1) is 12.3 Å². The van der Waals surface area contributed by atoms with E-state index < -0.39 is 0 Å². The highest BCUT2D eigenvalue weighted by atomic mass is 32.1. The number of ether oxygens (including phenoxy) is 1. The van der Waals surface area contributed by atoms with Crippen molar-refractivity contribution in [3.05, 3.63) is 41.6 Å². The van der Waals surface area contributed by atoms with Gasteiger partial charge in [-0.05, 0) is 30.5 Å². The predicted octanol–water partition coefficient (Wildman–Crippen LogP) is 2.09. The van der Waals surface area contributed by atoms with E-state index in [1.54, 1.807) is 6.20 Å². The molecule has 144 valence electrons. The molecule has 1 atom stereocenters. The third-order valence-corrected chi connectivity index (χ3v) is 5.72.